The van der Waals surface area contributed by atoms with Crippen LogP contribution in [0.5, 0.6) is 0 Å². The molecule has 134 valence electrons. The molecule has 7 heteroatoms. The summed E-state index contributed by atoms with van der Waals surface area (Å²) in [6.07, 6.45) is 11.4. The second-order valence-electron chi connectivity index (χ2n) is 6.25. The van der Waals surface area contributed by atoms with Gasteiger partial charge in [-0.25, -0.2) is 4.98 Å². The zero-order chi connectivity index (χ0) is 17.2. The van der Waals surface area contributed by atoms with E-state index in [0.717, 1.165) is 62.2 Å². The Morgan fingerprint density at radius 3 is 2.54 bits per heavy atom. The van der Waals surface area contributed by atoms with E-state index in [2.05, 4.69) is 27.3 Å². The van der Waals surface area contributed by atoms with E-state index in [1.807, 2.05) is 10.9 Å². The summed E-state index contributed by atoms with van der Waals surface area (Å²) in [4.78, 5) is 8.59. The number of nitrogens with two attached hydrogens (primary N) is 2. The van der Waals surface area contributed by atoms with Gasteiger partial charge in [0.05, 0.1) is 6.20 Å². The van der Waals surface area contributed by atoms with E-state index < -0.39 is 0 Å². The molecule has 7 nitrogen and oxygen atoms in total. The summed E-state index contributed by atoms with van der Waals surface area (Å²) >= 11 is 0. The van der Waals surface area contributed by atoms with E-state index >= 15 is 0 Å². The van der Waals surface area contributed by atoms with Crippen molar-refractivity contribution in [2.45, 2.75) is 64.8 Å². The molecule has 24 heavy (non-hydrogen) atoms. The number of anilines is 2. The number of nitrogens with zero attached hydrogens (tertiary/aromatic N) is 4. The zero-order valence-electron chi connectivity index (χ0n) is 14.8. The fraction of sp³-hybridized carbons (Fsp3) is 0.706. The third-order valence-electron chi connectivity index (χ3n) is 4.09. The molecule has 2 heterocycles. The lowest BCUT2D eigenvalue weighted by atomic mass is 10.1. The maximum absolute atomic E-state index is 5.81. The fourth-order valence-corrected chi connectivity index (χ4v) is 2.72. The van der Waals surface area contributed by atoms with Gasteiger partial charge in [-0.05, 0) is 25.8 Å². The van der Waals surface area contributed by atoms with Gasteiger partial charge in [0, 0.05) is 13.1 Å². The molecule has 0 spiro atoms. The molecule has 0 unspecified atom stereocenters. The van der Waals surface area contributed by atoms with Gasteiger partial charge in [-0.3, -0.25) is 4.68 Å². The van der Waals surface area contributed by atoms with E-state index in [1.165, 1.54) is 25.7 Å². The van der Waals surface area contributed by atoms with Gasteiger partial charge in [-0.1, -0.05) is 39.0 Å². The molecule has 0 saturated carbocycles. The van der Waals surface area contributed by atoms with Crippen molar-refractivity contribution in [3.63, 3.8) is 0 Å². The minimum Gasteiger partial charge on any atom is -0.368 e. The highest BCUT2D eigenvalue weighted by atomic mass is 15.3. The molecule has 0 saturated heterocycles. The Balaban J connectivity index is 1.88. The first-order valence-corrected chi connectivity index (χ1v) is 9.19. The van der Waals surface area contributed by atoms with Crippen LogP contribution in [0.15, 0.2) is 6.20 Å². The Hall–Kier alpha value is -1.89. The highest BCUT2D eigenvalue weighted by Crippen LogP contribution is 2.20. The summed E-state index contributed by atoms with van der Waals surface area (Å²) in [5.41, 5.74) is 12.9. The van der Waals surface area contributed by atoms with Crippen LogP contribution in [0.2, 0.25) is 0 Å². The molecule has 2 aromatic heterocycles. The fourth-order valence-electron chi connectivity index (χ4n) is 2.72. The number of aryl methyl sites for hydroxylation is 1. The van der Waals surface area contributed by atoms with Crippen LogP contribution >= 0.6 is 0 Å². The predicted octanol–water partition coefficient (Wildman–Crippen LogP) is 2.92. The van der Waals surface area contributed by atoms with Crippen LogP contribution in [-0.2, 0) is 6.54 Å². The van der Waals surface area contributed by atoms with Gasteiger partial charge in [-0.2, -0.15) is 10.1 Å². The molecule has 0 fully saturated rings. The van der Waals surface area contributed by atoms with Crippen molar-refractivity contribution in [2.75, 3.05) is 24.1 Å². The van der Waals surface area contributed by atoms with Gasteiger partial charge >= 0.3 is 0 Å². The normalized spacial score (nSPS) is 11.2. The maximum Gasteiger partial charge on any atom is 0.222 e. The number of rotatable bonds is 12. The van der Waals surface area contributed by atoms with E-state index in [1.54, 1.807) is 0 Å². The summed E-state index contributed by atoms with van der Waals surface area (Å²) in [5.74, 6) is 1.03. The molecule has 0 aliphatic carbocycles. The van der Waals surface area contributed by atoms with Crippen molar-refractivity contribution in [2.24, 2.45) is 5.73 Å². The van der Waals surface area contributed by atoms with Crippen molar-refractivity contribution in [1.82, 2.24) is 19.7 Å². The number of hydrogen-bond donors (Lipinski definition) is 3. The quantitative estimate of drug-likeness (QED) is 0.515. The second kappa shape index (κ2) is 10.1. The molecule has 0 atom stereocenters. The van der Waals surface area contributed by atoms with Gasteiger partial charge in [0.2, 0.25) is 5.95 Å². The van der Waals surface area contributed by atoms with Crippen molar-refractivity contribution < 1.29 is 0 Å². The molecule has 0 aromatic carbocycles. The highest BCUT2D eigenvalue weighted by molar-refractivity contribution is 5.85. The maximum atomic E-state index is 5.81. The van der Waals surface area contributed by atoms with E-state index in [4.69, 9.17) is 11.5 Å². The summed E-state index contributed by atoms with van der Waals surface area (Å²) in [7, 11) is 0. The van der Waals surface area contributed by atoms with E-state index in [9.17, 15) is 0 Å². The number of fused-ring (bicyclic) bond motifs is 1. The molecule has 2 rings (SSSR count). The van der Waals surface area contributed by atoms with Crippen molar-refractivity contribution in [1.29, 1.82) is 0 Å². The summed E-state index contributed by atoms with van der Waals surface area (Å²) in [6.45, 7) is 4.74. The molecule has 0 aliphatic rings. The molecular weight excluding hydrogens is 302 g/mol. The molecule has 0 bridgehead atoms. The lowest BCUT2D eigenvalue weighted by Gasteiger charge is -2.05. The van der Waals surface area contributed by atoms with E-state index in [0.29, 0.717) is 5.95 Å². The van der Waals surface area contributed by atoms with Gasteiger partial charge in [0.1, 0.15) is 5.52 Å². The largest absolute Gasteiger partial charge is 0.368 e. The summed E-state index contributed by atoms with van der Waals surface area (Å²) in [6, 6.07) is 0. The van der Waals surface area contributed by atoms with Crippen LogP contribution in [0, 0.1) is 0 Å². The first kappa shape index (κ1) is 18.4. The van der Waals surface area contributed by atoms with Crippen LogP contribution in [0.25, 0.3) is 11.0 Å². The number of unbranched alkanes of at least 4 members (excludes halogenated alkanes) is 6. The van der Waals surface area contributed by atoms with Crippen LogP contribution in [0.4, 0.5) is 11.8 Å². The molecule has 2 aromatic rings. The monoisotopic (exact) mass is 333 g/mol. The number of nitrogens with one attached hydrogen (secondary N) is 1. The Morgan fingerprint density at radius 2 is 1.79 bits per heavy atom. The van der Waals surface area contributed by atoms with Crippen LogP contribution in [-0.4, -0.2) is 32.8 Å². The molecule has 0 aliphatic heterocycles. The van der Waals surface area contributed by atoms with Gasteiger partial charge in [0.25, 0.3) is 0 Å². The molecule has 0 radical (unpaired) electrons. The third-order valence-corrected chi connectivity index (χ3v) is 4.09. The van der Waals surface area contributed by atoms with Crippen molar-refractivity contribution >= 4 is 22.8 Å². The van der Waals surface area contributed by atoms with Crippen LogP contribution in [0.3, 0.4) is 0 Å². The van der Waals surface area contributed by atoms with Crippen molar-refractivity contribution in [3.05, 3.63) is 6.20 Å². The molecule has 0 amide bonds. The average Bonchev–Trinajstić information content (AvgIpc) is 2.97. The Labute approximate surface area is 144 Å². The van der Waals surface area contributed by atoms with E-state index in [-0.39, 0.29) is 0 Å². The first-order chi connectivity index (χ1) is 11.7. The second-order valence-corrected chi connectivity index (χ2v) is 6.25. The van der Waals surface area contributed by atoms with Gasteiger partial charge in [-0.15, -0.1) is 0 Å². The highest BCUT2D eigenvalue weighted by Gasteiger charge is 2.10. The predicted molar refractivity (Wildman–Crippen MR) is 99.9 cm³/mol. The minimum absolute atomic E-state index is 0.293. The molecular formula is C17H31N7. The topological polar surface area (TPSA) is 108 Å². The zero-order valence-corrected chi connectivity index (χ0v) is 14.8. The average molecular weight is 333 g/mol. The Bertz CT molecular complexity index is 608. The van der Waals surface area contributed by atoms with Crippen LogP contribution < -0.4 is 16.8 Å². The Kier molecular flexibility index (Phi) is 7.74. The summed E-state index contributed by atoms with van der Waals surface area (Å²) < 4.78 is 1.96. The number of nitrogen functional groups attached to an aromatic ring is 1. The van der Waals surface area contributed by atoms with Crippen molar-refractivity contribution in [3.8, 4) is 0 Å². The lowest BCUT2D eigenvalue weighted by molar-refractivity contribution is 0.528. The number of hydrogen-bond acceptors (Lipinski definition) is 6. The Morgan fingerprint density at radius 1 is 1.04 bits per heavy atom. The SMILES string of the molecule is CCCCNc1nc(N)nc2cn(CCCCCCCCN)nc12. The summed E-state index contributed by atoms with van der Waals surface area (Å²) in [5, 5.41) is 7.96. The van der Waals surface area contributed by atoms with Crippen LogP contribution in [0.1, 0.15) is 58.3 Å². The number of aromatic nitrogens is 4. The smallest absolute Gasteiger partial charge is 0.222 e. The third kappa shape index (κ3) is 5.63. The molecule has 5 N–H and O–H groups in total. The lowest BCUT2D eigenvalue weighted by Crippen LogP contribution is -2.06. The van der Waals surface area contributed by atoms with Gasteiger partial charge < -0.3 is 16.8 Å². The minimum atomic E-state index is 0.293. The first-order valence-electron chi connectivity index (χ1n) is 9.19. The van der Waals surface area contributed by atoms with Gasteiger partial charge in [0.15, 0.2) is 11.3 Å². The standard InChI is InChI=1S/C17H31N7/c1-2-3-11-20-16-15-14(21-17(19)22-16)13-24(23-15)12-9-7-5-4-6-8-10-18/h13H,2-12,18H2,1H3,(H3,19,20,21,22).